The van der Waals surface area contributed by atoms with Gasteiger partial charge < -0.3 is 10.0 Å². The Kier molecular flexibility index (Phi) is 5.05. The minimum Gasteiger partial charge on any atom is -0.384 e. The molecule has 0 saturated carbocycles. The topological polar surface area (TPSA) is 40.5 Å². The van der Waals surface area contributed by atoms with E-state index < -0.39 is 0 Å². The number of rotatable bonds is 1. The summed E-state index contributed by atoms with van der Waals surface area (Å²) in [6, 6.07) is 5.13. The second-order valence-electron chi connectivity index (χ2n) is 5.15. The van der Waals surface area contributed by atoms with Gasteiger partial charge >= 0.3 is 0 Å². The molecule has 20 heavy (non-hydrogen) atoms. The molecule has 106 valence electrons. The van der Waals surface area contributed by atoms with Gasteiger partial charge in [-0.15, -0.1) is 0 Å². The highest BCUT2D eigenvalue weighted by atomic mass is 35.5. The molecule has 4 heteroatoms. The van der Waals surface area contributed by atoms with Gasteiger partial charge in [0.05, 0.1) is 5.02 Å². The van der Waals surface area contributed by atoms with Crippen LogP contribution in [-0.2, 0) is 0 Å². The number of nitrogens with zero attached hydrogens (tertiary/aromatic N) is 1. The first-order valence-corrected chi connectivity index (χ1v) is 7.18. The van der Waals surface area contributed by atoms with Crippen LogP contribution in [0.1, 0.15) is 35.7 Å². The standard InChI is InChI=1S/C16H18ClNO2/c1-12-4-2-8-18(11-12)16(20)14-7-6-13(5-3-9-19)15(17)10-14/h6-7,10,12,19H,2,4,8-9,11H2,1H3. The molecular weight excluding hydrogens is 274 g/mol. The number of hydrogen-bond acceptors (Lipinski definition) is 2. The van der Waals surface area contributed by atoms with Crippen LogP contribution in [0.5, 0.6) is 0 Å². The number of piperidine rings is 1. The summed E-state index contributed by atoms with van der Waals surface area (Å²) in [5, 5.41) is 9.12. The number of benzene rings is 1. The zero-order chi connectivity index (χ0) is 14.5. The lowest BCUT2D eigenvalue weighted by Gasteiger charge is -2.31. The molecule has 1 aromatic rings. The smallest absolute Gasteiger partial charge is 0.253 e. The molecule has 1 unspecified atom stereocenters. The highest BCUT2D eigenvalue weighted by Crippen LogP contribution is 2.21. The molecule has 1 N–H and O–H groups in total. The number of aliphatic hydroxyl groups is 1. The Bertz CT molecular complexity index is 559. The molecule has 2 rings (SSSR count). The summed E-state index contributed by atoms with van der Waals surface area (Å²) in [5.41, 5.74) is 1.22. The van der Waals surface area contributed by atoms with E-state index >= 15 is 0 Å². The lowest BCUT2D eigenvalue weighted by Crippen LogP contribution is -2.39. The molecule has 0 spiro atoms. The fourth-order valence-electron chi connectivity index (χ4n) is 2.44. The van der Waals surface area contributed by atoms with Crippen molar-refractivity contribution in [2.24, 2.45) is 5.92 Å². The van der Waals surface area contributed by atoms with Crippen molar-refractivity contribution in [3.63, 3.8) is 0 Å². The van der Waals surface area contributed by atoms with E-state index in [9.17, 15) is 4.79 Å². The summed E-state index contributed by atoms with van der Waals surface area (Å²) < 4.78 is 0. The molecule has 0 aliphatic carbocycles. The van der Waals surface area contributed by atoms with Crippen LogP contribution >= 0.6 is 11.6 Å². The summed E-state index contributed by atoms with van der Waals surface area (Å²) in [7, 11) is 0. The lowest BCUT2D eigenvalue weighted by molar-refractivity contribution is 0.0683. The number of halogens is 1. The number of carbonyl (C=O) groups is 1. The summed E-state index contributed by atoms with van der Waals surface area (Å²) in [5.74, 6) is 5.89. The van der Waals surface area contributed by atoms with Gasteiger partial charge in [0, 0.05) is 24.2 Å². The molecule has 1 amide bonds. The quantitative estimate of drug-likeness (QED) is 0.808. The molecule has 3 nitrogen and oxygen atoms in total. The number of likely N-dealkylation sites (tertiary alicyclic amines) is 1. The van der Waals surface area contributed by atoms with Crippen molar-refractivity contribution in [3.05, 3.63) is 34.3 Å². The van der Waals surface area contributed by atoms with Crippen molar-refractivity contribution in [2.75, 3.05) is 19.7 Å². The number of hydrogen-bond donors (Lipinski definition) is 1. The van der Waals surface area contributed by atoms with Crippen LogP contribution in [0.2, 0.25) is 5.02 Å². The largest absolute Gasteiger partial charge is 0.384 e. The van der Waals surface area contributed by atoms with Crippen molar-refractivity contribution >= 4 is 17.5 Å². The van der Waals surface area contributed by atoms with Gasteiger partial charge in [0.25, 0.3) is 5.91 Å². The van der Waals surface area contributed by atoms with E-state index in [1.165, 1.54) is 6.42 Å². The zero-order valence-corrected chi connectivity index (χ0v) is 12.3. The predicted octanol–water partition coefficient (Wildman–Crippen LogP) is 2.56. The van der Waals surface area contributed by atoms with Crippen molar-refractivity contribution < 1.29 is 9.90 Å². The fourth-order valence-corrected chi connectivity index (χ4v) is 2.67. The third-order valence-corrected chi connectivity index (χ3v) is 3.78. The molecule has 0 aromatic heterocycles. The molecule has 1 aliphatic heterocycles. The highest BCUT2D eigenvalue weighted by Gasteiger charge is 2.22. The van der Waals surface area contributed by atoms with E-state index in [4.69, 9.17) is 16.7 Å². The zero-order valence-electron chi connectivity index (χ0n) is 11.5. The Labute approximate surface area is 124 Å². The van der Waals surface area contributed by atoms with Crippen LogP contribution < -0.4 is 0 Å². The van der Waals surface area contributed by atoms with Gasteiger partial charge in [-0.25, -0.2) is 0 Å². The van der Waals surface area contributed by atoms with Crippen LogP contribution in [0.4, 0.5) is 0 Å². The molecule has 1 aromatic carbocycles. The monoisotopic (exact) mass is 291 g/mol. The average molecular weight is 292 g/mol. The third kappa shape index (κ3) is 3.53. The van der Waals surface area contributed by atoms with E-state index in [2.05, 4.69) is 18.8 Å². The van der Waals surface area contributed by atoms with E-state index in [1.54, 1.807) is 18.2 Å². The van der Waals surface area contributed by atoms with Gasteiger partial charge in [0.1, 0.15) is 6.61 Å². The molecule has 1 fully saturated rings. The maximum Gasteiger partial charge on any atom is 0.253 e. The summed E-state index contributed by atoms with van der Waals surface area (Å²) in [6.07, 6.45) is 2.24. The molecule has 0 bridgehead atoms. The normalized spacial score (nSPS) is 18.4. The van der Waals surface area contributed by atoms with Gasteiger partial charge in [0.15, 0.2) is 0 Å². The predicted molar refractivity (Wildman–Crippen MR) is 79.7 cm³/mol. The fraction of sp³-hybridized carbons (Fsp3) is 0.438. The number of aliphatic hydroxyl groups excluding tert-OH is 1. The third-order valence-electron chi connectivity index (χ3n) is 3.46. The van der Waals surface area contributed by atoms with E-state index in [-0.39, 0.29) is 12.5 Å². The maximum atomic E-state index is 12.4. The summed E-state index contributed by atoms with van der Waals surface area (Å²) in [4.78, 5) is 14.3. The van der Waals surface area contributed by atoms with Crippen molar-refractivity contribution in [2.45, 2.75) is 19.8 Å². The average Bonchev–Trinajstić information content (AvgIpc) is 2.45. The van der Waals surface area contributed by atoms with Crippen LogP contribution in [-0.4, -0.2) is 35.6 Å². The summed E-state index contributed by atoms with van der Waals surface area (Å²) in [6.45, 7) is 3.58. The lowest BCUT2D eigenvalue weighted by atomic mass is 9.99. The first-order chi connectivity index (χ1) is 9.61. The van der Waals surface area contributed by atoms with Gasteiger partial charge in [-0.05, 0) is 37.0 Å². The SMILES string of the molecule is CC1CCCN(C(=O)c2ccc(C#CCO)c(Cl)c2)C1. The highest BCUT2D eigenvalue weighted by molar-refractivity contribution is 6.32. The van der Waals surface area contributed by atoms with Crippen LogP contribution in [0.25, 0.3) is 0 Å². The molecule has 1 atom stereocenters. The Balaban J connectivity index is 2.16. The Hall–Kier alpha value is -1.50. The molecular formula is C16H18ClNO2. The number of amides is 1. The Morgan fingerprint density at radius 3 is 3.00 bits per heavy atom. The van der Waals surface area contributed by atoms with Crippen molar-refractivity contribution in [1.29, 1.82) is 0 Å². The number of carbonyl (C=O) groups excluding carboxylic acids is 1. The van der Waals surface area contributed by atoms with Gasteiger partial charge in [-0.3, -0.25) is 4.79 Å². The second kappa shape index (κ2) is 6.78. The van der Waals surface area contributed by atoms with Crippen LogP contribution in [0, 0.1) is 17.8 Å². The molecule has 0 radical (unpaired) electrons. The first-order valence-electron chi connectivity index (χ1n) is 6.80. The minimum absolute atomic E-state index is 0.0279. The van der Waals surface area contributed by atoms with E-state index in [0.717, 1.165) is 19.5 Å². The van der Waals surface area contributed by atoms with Gasteiger partial charge in [0.2, 0.25) is 0 Å². The maximum absolute atomic E-state index is 12.4. The Morgan fingerprint density at radius 1 is 1.55 bits per heavy atom. The van der Waals surface area contributed by atoms with E-state index in [1.807, 2.05) is 4.90 Å². The van der Waals surface area contributed by atoms with E-state index in [0.29, 0.717) is 22.1 Å². The second-order valence-corrected chi connectivity index (χ2v) is 5.56. The van der Waals surface area contributed by atoms with Crippen LogP contribution in [0.3, 0.4) is 0 Å². The summed E-state index contributed by atoms with van der Waals surface area (Å²) >= 11 is 6.12. The molecule has 1 saturated heterocycles. The van der Waals surface area contributed by atoms with Crippen molar-refractivity contribution in [1.82, 2.24) is 4.90 Å². The van der Waals surface area contributed by atoms with Gasteiger partial charge in [-0.1, -0.05) is 30.4 Å². The van der Waals surface area contributed by atoms with Crippen molar-refractivity contribution in [3.8, 4) is 11.8 Å². The first kappa shape index (κ1) is 14.9. The minimum atomic E-state index is -0.206. The van der Waals surface area contributed by atoms with Crippen LogP contribution in [0.15, 0.2) is 18.2 Å². The van der Waals surface area contributed by atoms with Gasteiger partial charge in [-0.2, -0.15) is 0 Å². The Morgan fingerprint density at radius 2 is 2.35 bits per heavy atom. The molecule has 1 heterocycles. The molecule has 1 aliphatic rings.